The van der Waals surface area contributed by atoms with Gasteiger partial charge in [0.2, 0.25) is 0 Å². The monoisotopic (exact) mass is 311 g/mol. The molecule has 5 heteroatoms. The van der Waals surface area contributed by atoms with Crippen LogP contribution in [0.25, 0.3) is 0 Å². The maximum atomic E-state index is 12.4. The maximum Gasteiger partial charge on any atom is 0.335 e. The van der Waals surface area contributed by atoms with Crippen LogP contribution in [0.3, 0.4) is 0 Å². The molecular weight excluding hydrogens is 294 g/mol. The molecule has 1 amide bonds. The van der Waals surface area contributed by atoms with E-state index in [1.54, 1.807) is 18.2 Å². The van der Waals surface area contributed by atoms with E-state index in [-0.39, 0.29) is 18.0 Å². The number of benzene rings is 2. The summed E-state index contributed by atoms with van der Waals surface area (Å²) in [6.07, 6.45) is 0.197. The summed E-state index contributed by atoms with van der Waals surface area (Å²) in [6, 6.07) is 14.3. The Morgan fingerprint density at radius 1 is 1.17 bits per heavy atom. The number of carboxylic acid groups (broad SMARTS) is 1. The standard InChI is InChI=1S/C18H17NO4/c20-17(16-15-7-2-1-5-13(15)8-9-23-16)19-11-12-4-3-6-14(10-12)18(21)22/h1-7,10,16H,8-9,11H2,(H,19,20)(H,21,22). The predicted octanol–water partition coefficient (Wildman–Crippen LogP) is 2.32. The van der Waals surface area contributed by atoms with E-state index in [4.69, 9.17) is 9.84 Å². The van der Waals surface area contributed by atoms with E-state index >= 15 is 0 Å². The number of ether oxygens (including phenoxy) is 1. The number of fused-ring (bicyclic) bond motifs is 1. The molecular formula is C18H17NO4. The molecule has 2 aromatic carbocycles. The molecule has 2 aromatic rings. The number of aromatic carboxylic acids is 1. The third-order valence-corrected chi connectivity index (χ3v) is 3.87. The highest BCUT2D eigenvalue weighted by atomic mass is 16.5. The molecule has 1 unspecified atom stereocenters. The molecule has 5 nitrogen and oxygen atoms in total. The van der Waals surface area contributed by atoms with Crippen LogP contribution in [-0.2, 0) is 22.5 Å². The molecule has 0 bridgehead atoms. The molecule has 1 heterocycles. The average molecular weight is 311 g/mol. The van der Waals surface area contributed by atoms with Crippen molar-refractivity contribution in [3.8, 4) is 0 Å². The summed E-state index contributed by atoms with van der Waals surface area (Å²) < 4.78 is 5.61. The molecule has 0 spiro atoms. The fourth-order valence-corrected chi connectivity index (χ4v) is 2.71. The summed E-state index contributed by atoms with van der Waals surface area (Å²) in [6.45, 7) is 0.783. The first kappa shape index (κ1) is 15.2. The predicted molar refractivity (Wildman–Crippen MR) is 84.1 cm³/mol. The van der Waals surface area contributed by atoms with Gasteiger partial charge >= 0.3 is 5.97 Å². The van der Waals surface area contributed by atoms with Crippen LogP contribution >= 0.6 is 0 Å². The van der Waals surface area contributed by atoms with Crippen LogP contribution in [0.2, 0.25) is 0 Å². The summed E-state index contributed by atoms with van der Waals surface area (Å²) in [5.41, 5.74) is 2.97. The number of carboxylic acids is 1. The minimum Gasteiger partial charge on any atom is -0.478 e. The van der Waals surface area contributed by atoms with Crippen LogP contribution in [0.1, 0.15) is 33.2 Å². The van der Waals surface area contributed by atoms with Crippen molar-refractivity contribution >= 4 is 11.9 Å². The smallest absolute Gasteiger partial charge is 0.335 e. The first-order valence-electron chi connectivity index (χ1n) is 7.44. The van der Waals surface area contributed by atoms with Gasteiger partial charge in [-0.2, -0.15) is 0 Å². The summed E-state index contributed by atoms with van der Waals surface area (Å²) >= 11 is 0. The van der Waals surface area contributed by atoms with Crippen molar-refractivity contribution in [2.45, 2.75) is 19.1 Å². The van der Waals surface area contributed by atoms with Gasteiger partial charge < -0.3 is 15.2 Å². The van der Waals surface area contributed by atoms with Crippen molar-refractivity contribution < 1.29 is 19.4 Å². The Labute approximate surface area is 133 Å². The van der Waals surface area contributed by atoms with E-state index < -0.39 is 12.1 Å². The van der Waals surface area contributed by atoms with Crippen LogP contribution in [0.15, 0.2) is 48.5 Å². The molecule has 0 radical (unpaired) electrons. The van der Waals surface area contributed by atoms with Gasteiger partial charge in [-0.15, -0.1) is 0 Å². The number of amides is 1. The number of nitrogens with one attached hydrogen (secondary N) is 1. The van der Waals surface area contributed by atoms with E-state index in [1.807, 2.05) is 24.3 Å². The second kappa shape index (κ2) is 6.62. The van der Waals surface area contributed by atoms with Crippen LogP contribution in [0.4, 0.5) is 0 Å². The van der Waals surface area contributed by atoms with Crippen molar-refractivity contribution in [1.29, 1.82) is 0 Å². The molecule has 1 aliphatic heterocycles. The minimum absolute atomic E-state index is 0.205. The van der Waals surface area contributed by atoms with Crippen molar-refractivity contribution in [1.82, 2.24) is 5.32 Å². The SMILES string of the molecule is O=C(O)c1cccc(CNC(=O)C2OCCc3ccccc32)c1. The lowest BCUT2D eigenvalue weighted by Crippen LogP contribution is -2.33. The van der Waals surface area contributed by atoms with E-state index in [1.165, 1.54) is 6.07 Å². The fourth-order valence-electron chi connectivity index (χ4n) is 2.71. The van der Waals surface area contributed by atoms with Gasteiger partial charge in [0.1, 0.15) is 0 Å². The quantitative estimate of drug-likeness (QED) is 0.908. The highest BCUT2D eigenvalue weighted by Crippen LogP contribution is 2.27. The number of hydrogen-bond donors (Lipinski definition) is 2. The van der Waals surface area contributed by atoms with E-state index in [9.17, 15) is 9.59 Å². The number of rotatable bonds is 4. The first-order chi connectivity index (χ1) is 11.1. The van der Waals surface area contributed by atoms with Gasteiger partial charge in [-0.3, -0.25) is 4.79 Å². The lowest BCUT2D eigenvalue weighted by molar-refractivity contribution is -0.134. The van der Waals surface area contributed by atoms with Crippen LogP contribution in [-0.4, -0.2) is 23.6 Å². The van der Waals surface area contributed by atoms with Gasteiger partial charge in [0.05, 0.1) is 12.2 Å². The van der Waals surface area contributed by atoms with Gasteiger partial charge in [-0.25, -0.2) is 4.79 Å². The van der Waals surface area contributed by atoms with Crippen LogP contribution in [0.5, 0.6) is 0 Å². The Morgan fingerprint density at radius 2 is 2.00 bits per heavy atom. The molecule has 0 saturated carbocycles. The van der Waals surface area contributed by atoms with E-state index in [0.29, 0.717) is 6.61 Å². The van der Waals surface area contributed by atoms with Crippen molar-refractivity contribution in [2.75, 3.05) is 6.61 Å². The molecule has 0 aromatic heterocycles. The van der Waals surface area contributed by atoms with Gasteiger partial charge in [0, 0.05) is 6.54 Å². The molecule has 0 saturated heterocycles. The third kappa shape index (κ3) is 3.40. The average Bonchev–Trinajstić information content (AvgIpc) is 2.59. The number of hydrogen-bond acceptors (Lipinski definition) is 3. The molecule has 118 valence electrons. The topological polar surface area (TPSA) is 75.6 Å². The lowest BCUT2D eigenvalue weighted by atomic mass is 9.97. The Morgan fingerprint density at radius 3 is 2.83 bits per heavy atom. The Kier molecular flexibility index (Phi) is 4.39. The molecule has 0 aliphatic carbocycles. The first-order valence-corrected chi connectivity index (χ1v) is 7.44. The normalized spacial score (nSPS) is 16.4. The highest BCUT2D eigenvalue weighted by molar-refractivity contribution is 5.87. The van der Waals surface area contributed by atoms with Crippen molar-refractivity contribution in [2.24, 2.45) is 0 Å². The fraction of sp³-hybridized carbons (Fsp3) is 0.222. The second-order valence-electron chi connectivity index (χ2n) is 5.42. The van der Waals surface area contributed by atoms with E-state index in [0.717, 1.165) is 23.1 Å². The maximum absolute atomic E-state index is 12.4. The molecule has 0 fully saturated rings. The van der Waals surface area contributed by atoms with Gasteiger partial charge in [0.25, 0.3) is 5.91 Å². The second-order valence-corrected chi connectivity index (χ2v) is 5.42. The zero-order valence-corrected chi connectivity index (χ0v) is 12.5. The zero-order chi connectivity index (χ0) is 16.2. The van der Waals surface area contributed by atoms with Gasteiger partial charge in [-0.1, -0.05) is 36.4 Å². The molecule has 1 aliphatic rings. The largest absolute Gasteiger partial charge is 0.478 e. The molecule has 3 rings (SSSR count). The lowest BCUT2D eigenvalue weighted by Gasteiger charge is -2.25. The van der Waals surface area contributed by atoms with Crippen molar-refractivity contribution in [3.63, 3.8) is 0 Å². The molecule has 23 heavy (non-hydrogen) atoms. The van der Waals surface area contributed by atoms with E-state index in [2.05, 4.69) is 5.32 Å². The minimum atomic E-state index is -0.984. The Bertz CT molecular complexity index is 741. The van der Waals surface area contributed by atoms with Crippen molar-refractivity contribution in [3.05, 3.63) is 70.8 Å². The van der Waals surface area contributed by atoms with Gasteiger partial charge in [-0.05, 0) is 35.2 Å². The Balaban J connectivity index is 1.69. The Hall–Kier alpha value is -2.66. The zero-order valence-electron chi connectivity index (χ0n) is 12.5. The molecule has 2 N–H and O–H groups in total. The highest BCUT2D eigenvalue weighted by Gasteiger charge is 2.26. The number of carbonyl (C=O) groups excluding carboxylic acids is 1. The van der Waals surface area contributed by atoms with Crippen LogP contribution in [0, 0.1) is 0 Å². The summed E-state index contributed by atoms with van der Waals surface area (Å²) in [4.78, 5) is 23.4. The molecule has 1 atom stereocenters. The summed E-state index contributed by atoms with van der Waals surface area (Å²) in [7, 11) is 0. The van der Waals surface area contributed by atoms with Crippen LogP contribution < -0.4 is 5.32 Å². The van der Waals surface area contributed by atoms with Gasteiger partial charge in [0.15, 0.2) is 6.10 Å². The number of carbonyl (C=O) groups is 2. The third-order valence-electron chi connectivity index (χ3n) is 3.87. The summed E-state index contributed by atoms with van der Waals surface area (Å²) in [5.74, 6) is -1.19. The summed E-state index contributed by atoms with van der Waals surface area (Å²) in [5, 5.41) is 11.8.